The van der Waals surface area contributed by atoms with Gasteiger partial charge >= 0.3 is 0 Å². The predicted molar refractivity (Wildman–Crippen MR) is 93.1 cm³/mol. The molecule has 0 saturated carbocycles. The van der Waals surface area contributed by atoms with E-state index in [1.165, 1.54) is 5.56 Å². The van der Waals surface area contributed by atoms with Crippen LogP contribution in [-0.2, 0) is 6.42 Å². The number of anilines is 1. The largest absolute Gasteiger partial charge is 0.306 e. The van der Waals surface area contributed by atoms with E-state index in [1.54, 1.807) is 12.5 Å². The second kappa shape index (κ2) is 5.66. The molecule has 4 rings (SSSR count). The fraction of sp³-hybridized carbons (Fsp3) is 0.111. The van der Waals surface area contributed by atoms with Crippen LogP contribution in [0.4, 0.5) is 5.69 Å². The molecule has 0 unspecified atom stereocenters. The van der Waals surface area contributed by atoms with Crippen molar-refractivity contribution in [2.75, 3.05) is 11.4 Å². The highest BCUT2D eigenvalue weighted by atomic mass is 79.9. The van der Waals surface area contributed by atoms with Crippen molar-refractivity contribution in [3.63, 3.8) is 0 Å². The van der Waals surface area contributed by atoms with Gasteiger partial charge in [0.15, 0.2) is 0 Å². The third-order valence-electron chi connectivity index (χ3n) is 4.06. The summed E-state index contributed by atoms with van der Waals surface area (Å²) in [5.41, 5.74) is 3.65. The summed E-state index contributed by atoms with van der Waals surface area (Å²) >= 11 is 3.42. The molecule has 0 aliphatic carbocycles. The number of nitrogens with zero attached hydrogens (tertiary/aromatic N) is 3. The van der Waals surface area contributed by atoms with Crippen LogP contribution in [-0.4, -0.2) is 22.0 Å². The number of hydrogen-bond acceptors (Lipinski definition) is 2. The number of carbonyl (C=O) groups excluding carboxylic acids is 1. The van der Waals surface area contributed by atoms with E-state index >= 15 is 0 Å². The minimum atomic E-state index is -0.0502. The van der Waals surface area contributed by atoms with E-state index in [-0.39, 0.29) is 5.91 Å². The molecule has 0 radical (unpaired) electrons. The topological polar surface area (TPSA) is 38.1 Å². The van der Waals surface area contributed by atoms with Crippen molar-refractivity contribution >= 4 is 27.5 Å². The molecule has 1 aliphatic rings. The van der Waals surface area contributed by atoms with Gasteiger partial charge in [-0.05, 0) is 42.3 Å². The predicted octanol–water partition coefficient (Wildman–Crippen LogP) is 3.84. The minimum absolute atomic E-state index is 0.0502. The Hall–Kier alpha value is -2.40. The second-order valence-electron chi connectivity index (χ2n) is 5.48. The van der Waals surface area contributed by atoms with Crippen LogP contribution in [0, 0.1) is 0 Å². The summed E-state index contributed by atoms with van der Waals surface area (Å²) in [4.78, 5) is 18.9. The Morgan fingerprint density at radius 2 is 1.87 bits per heavy atom. The van der Waals surface area contributed by atoms with Gasteiger partial charge in [-0.3, -0.25) is 4.79 Å². The molecule has 2 aromatic carbocycles. The molecular weight excluding hydrogens is 354 g/mol. The van der Waals surface area contributed by atoms with Crippen molar-refractivity contribution in [1.29, 1.82) is 0 Å². The maximum atomic E-state index is 12.8. The number of para-hydroxylation sites is 1. The van der Waals surface area contributed by atoms with Crippen molar-refractivity contribution in [2.24, 2.45) is 0 Å². The van der Waals surface area contributed by atoms with E-state index in [0.29, 0.717) is 12.2 Å². The highest BCUT2D eigenvalue weighted by Crippen LogP contribution is 2.28. The summed E-state index contributed by atoms with van der Waals surface area (Å²) in [6, 6.07) is 15.9. The van der Waals surface area contributed by atoms with Crippen LogP contribution in [0.1, 0.15) is 16.1 Å². The number of carbonyl (C=O) groups is 1. The van der Waals surface area contributed by atoms with Gasteiger partial charge in [0.1, 0.15) is 12.0 Å². The second-order valence-corrected chi connectivity index (χ2v) is 6.39. The number of benzene rings is 2. The molecule has 2 heterocycles. The lowest BCUT2D eigenvalue weighted by molar-refractivity contribution is 0.0985. The third-order valence-corrected chi connectivity index (χ3v) is 4.59. The van der Waals surface area contributed by atoms with Crippen molar-refractivity contribution in [1.82, 2.24) is 9.55 Å². The van der Waals surface area contributed by atoms with Crippen LogP contribution in [0.2, 0.25) is 0 Å². The standard InChI is InChI=1S/C18H14BrN3O/c19-14-5-7-15(8-6-14)21-11-16(20-12-21)18(23)22-10-9-13-3-1-2-4-17(13)22/h1-8,11-12H,9-10H2. The summed E-state index contributed by atoms with van der Waals surface area (Å²) in [6.07, 6.45) is 4.36. The summed E-state index contributed by atoms with van der Waals surface area (Å²) in [5.74, 6) is -0.0502. The molecule has 0 saturated heterocycles. The van der Waals surface area contributed by atoms with Crippen LogP contribution in [0.25, 0.3) is 5.69 Å². The van der Waals surface area contributed by atoms with E-state index in [4.69, 9.17) is 0 Å². The minimum Gasteiger partial charge on any atom is -0.306 e. The van der Waals surface area contributed by atoms with Crippen molar-refractivity contribution in [3.8, 4) is 5.69 Å². The summed E-state index contributed by atoms with van der Waals surface area (Å²) in [6.45, 7) is 0.712. The zero-order chi connectivity index (χ0) is 15.8. The Kier molecular flexibility index (Phi) is 3.50. The lowest BCUT2D eigenvalue weighted by Crippen LogP contribution is -2.29. The number of amides is 1. The molecule has 0 spiro atoms. The summed E-state index contributed by atoms with van der Waals surface area (Å²) in [5, 5.41) is 0. The average molecular weight is 368 g/mol. The molecule has 114 valence electrons. The van der Waals surface area contributed by atoms with E-state index in [9.17, 15) is 4.79 Å². The number of halogens is 1. The fourth-order valence-electron chi connectivity index (χ4n) is 2.88. The quantitative estimate of drug-likeness (QED) is 0.690. The Morgan fingerprint density at radius 1 is 1.09 bits per heavy atom. The molecule has 1 aromatic heterocycles. The van der Waals surface area contributed by atoms with Crippen molar-refractivity contribution in [2.45, 2.75) is 6.42 Å². The van der Waals surface area contributed by atoms with Crippen LogP contribution in [0.15, 0.2) is 65.5 Å². The van der Waals surface area contributed by atoms with Gasteiger partial charge in [-0.15, -0.1) is 0 Å². The van der Waals surface area contributed by atoms with Gasteiger partial charge < -0.3 is 9.47 Å². The number of imidazole rings is 1. The number of hydrogen-bond donors (Lipinski definition) is 0. The van der Waals surface area contributed by atoms with Gasteiger partial charge in [0.2, 0.25) is 0 Å². The van der Waals surface area contributed by atoms with E-state index in [2.05, 4.69) is 27.0 Å². The van der Waals surface area contributed by atoms with Crippen LogP contribution < -0.4 is 4.90 Å². The lowest BCUT2D eigenvalue weighted by Gasteiger charge is -2.15. The molecule has 3 aromatic rings. The zero-order valence-corrected chi connectivity index (χ0v) is 13.9. The van der Waals surface area contributed by atoms with E-state index < -0.39 is 0 Å². The Balaban J connectivity index is 1.62. The molecule has 1 aliphatic heterocycles. The van der Waals surface area contributed by atoms with Crippen molar-refractivity contribution < 1.29 is 4.79 Å². The lowest BCUT2D eigenvalue weighted by atomic mass is 10.2. The zero-order valence-electron chi connectivity index (χ0n) is 12.3. The average Bonchev–Trinajstić information content (AvgIpc) is 3.22. The Bertz CT molecular complexity index is 870. The normalized spacial score (nSPS) is 13.2. The molecule has 0 fully saturated rings. The Labute approximate surface area is 142 Å². The smallest absolute Gasteiger partial charge is 0.278 e. The van der Waals surface area contributed by atoms with E-state index in [0.717, 1.165) is 22.3 Å². The maximum Gasteiger partial charge on any atom is 0.278 e. The summed E-state index contributed by atoms with van der Waals surface area (Å²) in [7, 11) is 0. The highest BCUT2D eigenvalue weighted by molar-refractivity contribution is 9.10. The van der Waals surface area contributed by atoms with Crippen molar-refractivity contribution in [3.05, 3.63) is 76.8 Å². The maximum absolute atomic E-state index is 12.8. The first-order chi connectivity index (χ1) is 11.2. The highest BCUT2D eigenvalue weighted by Gasteiger charge is 2.26. The molecule has 0 bridgehead atoms. The first-order valence-electron chi connectivity index (χ1n) is 7.42. The summed E-state index contributed by atoms with van der Waals surface area (Å²) < 4.78 is 2.88. The molecular formula is C18H14BrN3O. The monoisotopic (exact) mass is 367 g/mol. The molecule has 1 amide bonds. The van der Waals surface area contributed by atoms with Gasteiger partial charge in [-0.1, -0.05) is 34.1 Å². The first kappa shape index (κ1) is 14.2. The van der Waals surface area contributed by atoms with Gasteiger partial charge in [0, 0.05) is 28.6 Å². The molecule has 23 heavy (non-hydrogen) atoms. The van der Waals surface area contributed by atoms with Gasteiger partial charge in [0.05, 0.1) is 0 Å². The number of aromatic nitrogens is 2. The Morgan fingerprint density at radius 3 is 2.70 bits per heavy atom. The third kappa shape index (κ3) is 2.57. The number of rotatable bonds is 2. The van der Waals surface area contributed by atoms with Crippen LogP contribution in [0.5, 0.6) is 0 Å². The van der Waals surface area contributed by atoms with Crippen LogP contribution in [0.3, 0.4) is 0 Å². The van der Waals surface area contributed by atoms with Gasteiger partial charge in [-0.25, -0.2) is 4.98 Å². The fourth-order valence-corrected chi connectivity index (χ4v) is 3.14. The van der Waals surface area contributed by atoms with Crippen LogP contribution >= 0.6 is 15.9 Å². The van der Waals surface area contributed by atoms with Gasteiger partial charge in [0.25, 0.3) is 5.91 Å². The molecule has 5 heteroatoms. The SMILES string of the molecule is O=C(c1cn(-c2ccc(Br)cc2)cn1)N1CCc2ccccc21. The molecule has 0 atom stereocenters. The van der Waals surface area contributed by atoms with E-state index in [1.807, 2.05) is 51.9 Å². The first-order valence-corrected chi connectivity index (χ1v) is 8.21. The molecule has 0 N–H and O–H groups in total. The van der Waals surface area contributed by atoms with Gasteiger partial charge in [-0.2, -0.15) is 0 Å². The molecule has 4 nitrogen and oxygen atoms in total. The number of fused-ring (bicyclic) bond motifs is 1.